The third-order valence-corrected chi connectivity index (χ3v) is 6.62. The average Bonchev–Trinajstić information content (AvgIpc) is 2.59. The summed E-state index contributed by atoms with van der Waals surface area (Å²) >= 11 is 0. The maximum absolute atomic E-state index is 13.0. The van der Waals surface area contributed by atoms with Crippen molar-refractivity contribution in [1.82, 2.24) is 4.31 Å². The fourth-order valence-electron chi connectivity index (χ4n) is 3.24. The zero-order valence-corrected chi connectivity index (χ0v) is 17.4. The van der Waals surface area contributed by atoms with Crippen molar-refractivity contribution in [2.24, 2.45) is 0 Å². The summed E-state index contributed by atoms with van der Waals surface area (Å²) in [5, 5.41) is 10.6. The molecule has 0 aliphatic rings. The highest BCUT2D eigenvalue weighted by molar-refractivity contribution is 7.89. The number of aryl methyl sites for hydroxylation is 3. The summed E-state index contributed by atoms with van der Waals surface area (Å²) in [4.78, 5) is 0.287. The van der Waals surface area contributed by atoms with Crippen molar-refractivity contribution in [3.05, 3.63) is 52.6 Å². The van der Waals surface area contributed by atoms with Crippen molar-refractivity contribution in [3.8, 4) is 11.5 Å². The van der Waals surface area contributed by atoms with Gasteiger partial charge in [-0.25, -0.2) is 8.42 Å². The largest absolute Gasteiger partial charge is 0.493 e. The van der Waals surface area contributed by atoms with E-state index in [1.54, 1.807) is 32.0 Å². The number of benzene rings is 2. The predicted molar refractivity (Wildman–Crippen MR) is 105 cm³/mol. The molecular formula is C20H27NO5S. The van der Waals surface area contributed by atoms with Crippen molar-refractivity contribution >= 4 is 10.0 Å². The van der Waals surface area contributed by atoms with Gasteiger partial charge in [-0.2, -0.15) is 4.31 Å². The van der Waals surface area contributed by atoms with Gasteiger partial charge in [0.25, 0.3) is 0 Å². The second kappa shape index (κ2) is 8.29. The van der Waals surface area contributed by atoms with Gasteiger partial charge in [0.05, 0.1) is 25.2 Å². The average molecular weight is 394 g/mol. The van der Waals surface area contributed by atoms with Gasteiger partial charge >= 0.3 is 0 Å². The van der Waals surface area contributed by atoms with Gasteiger partial charge in [-0.1, -0.05) is 23.8 Å². The molecule has 0 aliphatic heterocycles. The molecule has 0 fully saturated rings. The first kappa shape index (κ1) is 21.2. The summed E-state index contributed by atoms with van der Waals surface area (Å²) in [7, 11) is 0.775. The maximum atomic E-state index is 13.0. The third-order valence-electron chi connectivity index (χ3n) is 4.50. The molecular weight excluding hydrogens is 366 g/mol. The van der Waals surface area contributed by atoms with Gasteiger partial charge < -0.3 is 14.6 Å². The van der Waals surface area contributed by atoms with Crippen LogP contribution in [0.25, 0.3) is 0 Å². The number of methoxy groups -OCH3 is 2. The van der Waals surface area contributed by atoms with Crippen molar-refractivity contribution in [2.75, 3.05) is 27.8 Å². The Bertz CT molecular complexity index is 901. The highest BCUT2D eigenvalue weighted by Gasteiger charge is 2.27. The van der Waals surface area contributed by atoms with Gasteiger partial charge in [0, 0.05) is 13.6 Å². The zero-order chi connectivity index (χ0) is 20.4. The molecule has 0 aromatic heterocycles. The molecule has 6 nitrogen and oxygen atoms in total. The summed E-state index contributed by atoms with van der Waals surface area (Å²) in [6.07, 6.45) is -1.00. The smallest absolute Gasteiger partial charge is 0.243 e. The van der Waals surface area contributed by atoms with E-state index in [4.69, 9.17) is 9.47 Å². The van der Waals surface area contributed by atoms with E-state index in [1.807, 2.05) is 19.1 Å². The molecule has 1 atom stereocenters. The summed E-state index contributed by atoms with van der Waals surface area (Å²) in [6.45, 7) is 5.42. The van der Waals surface area contributed by atoms with Gasteiger partial charge in [0.1, 0.15) is 0 Å². The van der Waals surface area contributed by atoms with Crippen LogP contribution >= 0.6 is 0 Å². The van der Waals surface area contributed by atoms with Gasteiger partial charge in [-0.15, -0.1) is 0 Å². The van der Waals surface area contributed by atoms with E-state index >= 15 is 0 Å². The van der Waals surface area contributed by atoms with Gasteiger partial charge in [0.15, 0.2) is 11.5 Å². The Balaban J connectivity index is 2.29. The lowest BCUT2D eigenvalue weighted by molar-refractivity contribution is 0.154. The molecule has 0 bridgehead atoms. The Morgan fingerprint density at radius 3 is 2.07 bits per heavy atom. The van der Waals surface area contributed by atoms with Crippen LogP contribution in [-0.4, -0.2) is 45.6 Å². The maximum Gasteiger partial charge on any atom is 0.243 e. The van der Waals surface area contributed by atoms with E-state index in [2.05, 4.69) is 0 Å². The van der Waals surface area contributed by atoms with Crippen LogP contribution in [0.15, 0.2) is 35.2 Å². The molecule has 0 heterocycles. The van der Waals surface area contributed by atoms with Crippen LogP contribution in [-0.2, 0) is 10.0 Å². The standard InChI is InChI=1S/C20H27NO5S/c1-13-9-14(2)20(15(3)10-13)27(23,24)21(4)12-17(22)16-7-8-18(25-5)19(11-16)26-6/h7-11,17,22H,12H2,1-6H3. The monoisotopic (exact) mass is 393 g/mol. The summed E-state index contributed by atoms with van der Waals surface area (Å²) in [6, 6.07) is 8.71. The highest BCUT2D eigenvalue weighted by atomic mass is 32.2. The molecule has 0 saturated carbocycles. The normalized spacial score (nSPS) is 12.9. The van der Waals surface area contributed by atoms with Crippen LogP contribution in [0.2, 0.25) is 0 Å². The minimum absolute atomic E-state index is 0.0788. The van der Waals surface area contributed by atoms with E-state index < -0.39 is 16.1 Å². The SMILES string of the molecule is COc1ccc(C(O)CN(C)S(=O)(=O)c2c(C)cc(C)cc2C)cc1OC. The van der Waals surface area contributed by atoms with E-state index in [1.165, 1.54) is 25.6 Å². The Morgan fingerprint density at radius 2 is 1.56 bits per heavy atom. The van der Waals surface area contributed by atoms with Crippen LogP contribution in [0.1, 0.15) is 28.4 Å². The third kappa shape index (κ3) is 4.43. The fourth-order valence-corrected chi connectivity index (χ4v) is 4.82. The Kier molecular flexibility index (Phi) is 6.51. The molecule has 27 heavy (non-hydrogen) atoms. The first-order valence-electron chi connectivity index (χ1n) is 8.56. The van der Waals surface area contributed by atoms with Crippen LogP contribution in [0.4, 0.5) is 0 Å². The number of likely N-dealkylation sites (N-methyl/N-ethyl adjacent to an activating group) is 1. The number of aliphatic hydroxyl groups excluding tert-OH is 1. The summed E-state index contributed by atoms with van der Waals surface area (Å²) in [5.41, 5.74) is 2.95. The van der Waals surface area contributed by atoms with Crippen molar-refractivity contribution in [1.29, 1.82) is 0 Å². The number of ether oxygens (including phenoxy) is 2. The number of hydrogen-bond donors (Lipinski definition) is 1. The minimum Gasteiger partial charge on any atom is -0.493 e. The number of nitrogens with zero attached hydrogens (tertiary/aromatic N) is 1. The van der Waals surface area contributed by atoms with Gasteiger partial charge in [0.2, 0.25) is 10.0 Å². The second-order valence-corrected chi connectivity index (χ2v) is 8.63. The lowest BCUT2D eigenvalue weighted by Gasteiger charge is -2.23. The van der Waals surface area contributed by atoms with E-state index in [-0.39, 0.29) is 11.4 Å². The Labute approximate surface area is 161 Å². The topological polar surface area (TPSA) is 76.1 Å². The molecule has 2 aromatic rings. The quantitative estimate of drug-likeness (QED) is 0.783. The first-order chi connectivity index (χ1) is 12.6. The zero-order valence-electron chi connectivity index (χ0n) is 16.6. The number of hydrogen-bond acceptors (Lipinski definition) is 5. The molecule has 2 aromatic carbocycles. The van der Waals surface area contributed by atoms with Crippen LogP contribution < -0.4 is 9.47 Å². The molecule has 1 N–H and O–H groups in total. The van der Waals surface area contributed by atoms with Gasteiger partial charge in [-0.05, 0) is 49.6 Å². The summed E-state index contributed by atoms with van der Waals surface area (Å²) in [5.74, 6) is 1.02. The summed E-state index contributed by atoms with van der Waals surface area (Å²) < 4.78 is 37.7. The highest BCUT2D eigenvalue weighted by Crippen LogP contribution is 2.31. The number of sulfonamides is 1. The van der Waals surface area contributed by atoms with E-state index in [9.17, 15) is 13.5 Å². The molecule has 1 unspecified atom stereocenters. The fraction of sp³-hybridized carbons (Fsp3) is 0.400. The van der Waals surface area contributed by atoms with E-state index in [0.717, 1.165) is 5.56 Å². The Hall–Kier alpha value is -2.09. The molecule has 148 valence electrons. The van der Waals surface area contributed by atoms with Crippen LogP contribution in [0.3, 0.4) is 0 Å². The van der Waals surface area contributed by atoms with Crippen LogP contribution in [0.5, 0.6) is 11.5 Å². The molecule has 0 radical (unpaired) electrons. The number of rotatable bonds is 7. The van der Waals surface area contributed by atoms with Gasteiger partial charge in [-0.3, -0.25) is 0 Å². The molecule has 2 rings (SSSR count). The first-order valence-corrected chi connectivity index (χ1v) is 10.00. The van der Waals surface area contributed by atoms with Crippen molar-refractivity contribution in [3.63, 3.8) is 0 Å². The van der Waals surface area contributed by atoms with E-state index in [0.29, 0.717) is 28.2 Å². The lowest BCUT2D eigenvalue weighted by atomic mass is 10.1. The molecule has 0 aliphatic carbocycles. The van der Waals surface area contributed by atoms with Crippen molar-refractivity contribution < 1.29 is 23.0 Å². The molecule has 7 heteroatoms. The molecule has 0 amide bonds. The van der Waals surface area contributed by atoms with Crippen LogP contribution in [0, 0.1) is 20.8 Å². The molecule has 0 saturated heterocycles. The predicted octanol–water partition coefficient (Wildman–Crippen LogP) is 2.98. The number of aliphatic hydroxyl groups is 1. The minimum atomic E-state index is -3.73. The second-order valence-electron chi connectivity index (χ2n) is 6.64. The Morgan fingerprint density at radius 1 is 1.00 bits per heavy atom. The lowest BCUT2D eigenvalue weighted by Crippen LogP contribution is -2.32. The molecule has 0 spiro atoms. The van der Waals surface area contributed by atoms with Crippen molar-refractivity contribution in [2.45, 2.75) is 31.8 Å².